The molecule has 2 heterocycles. The fourth-order valence-corrected chi connectivity index (χ4v) is 3.09. The highest BCUT2D eigenvalue weighted by atomic mass is 32.2. The minimum Gasteiger partial charge on any atom is -0.374 e. The van der Waals surface area contributed by atoms with Gasteiger partial charge in [-0.1, -0.05) is 32.3 Å². The van der Waals surface area contributed by atoms with E-state index in [1.807, 2.05) is 11.8 Å². The van der Waals surface area contributed by atoms with Gasteiger partial charge >= 0.3 is 0 Å². The first-order valence-corrected chi connectivity index (χ1v) is 9.24. The number of hydrogen-bond donors (Lipinski definition) is 1. The van der Waals surface area contributed by atoms with E-state index < -0.39 is 0 Å². The van der Waals surface area contributed by atoms with Gasteiger partial charge in [-0.05, 0) is 38.7 Å². The van der Waals surface area contributed by atoms with E-state index in [0.29, 0.717) is 18.1 Å². The van der Waals surface area contributed by atoms with Crippen LogP contribution in [-0.4, -0.2) is 29.3 Å². The van der Waals surface area contributed by atoms with E-state index in [9.17, 15) is 0 Å². The zero-order chi connectivity index (χ0) is 15.2. The van der Waals surface area contributed by atoms with Crippen molar-refractivity contribution in [1.82, 2.24) is 10.4 Å². The second kappa shape index (κ2) is 8.06. The molecule has 2 aliphatic heterocycles. The molecule has 0 bridgehead atoms. The molecule has 0 fully saturated rings. The SMILES string of the molecule is CCCCCC(C)OCC1=CC=C(C)N2NC(SC)C=C12. The summed E-state index contributed by atoms with van der Waals surface area (Å²) >= 11 is 1.82. The molecular weight excluding hydrogens is 280 g/mol. The second-order valence-electron chi connectivity index (χ2n) is 5.79. The molecule has 0 amide bonds. The Labute approximate surface area is 133 Å². The normalized spacial score (nSPS) is 22.6. The van der Waals surface area contributed by atoms with Crippen LogP contribution in [0.5, 0.6) is 0 Å². The first kappa shape index (κ1) is 16.7. The summed E-state index contributed by atoms with van der Waals surface area (Å²) < 4.78 is 6.04. The lowest BCUT2D eigenvalue weighted by atomic mass is 10.1. The number of hydrogen-bond acceptors (Lipinski definition) is 4. The number of allylic oxidation sites excluding steroid dienone is 3. The van der Waals surface area contributed by atoms with Crippen molar-refractivity contribution in [3.63, 3.8) is 0 Å². The van der Waals surface area contributed by atoms with Gasteiger partial charge in [-0.2, -0.15) is 0 Å². The van der Waals surface area contributed by atoms with Crippen molar-refractivity contribution in [3.8, 4) is 0 Å². The predicted octanol–water partition coefficient (Wildman–Crippen LogP) is 4.21. The van der Waals surface area contributed by atoms with E-state index in [0.717, 1.165) is 6.42 Å². The number of rotatable bonds is 8. The van der Waals surface area contributed by atoms with Gasteiger partial charge in [0, 0.05) is 11.3 Å². The Hall–Kier alpha value is -0.710. The minimum absolute atomic E-state index is 0.337. The second-order valence-corrected chi connectivity index (χ2v) is 6.77. The molecule has 0 spiro atoms. The Morgan fingerprint density at radius 2 is 2.19 bits per heavy atom. The smallest absolute Gasteiger partial charge is 0.0921 e. The molecule has 2 unspecified atom stereocenters. The molecule has 21 heavy (non-hydrogen) atoms. The highest BCUT2D eigenvalue weighted by Gasteiger charge is 2.27. The Morgan fingerprint density at radius 3 is 2.90 bits per heavy atom. The molecule has 3 nitrogen and oxygen atoms in total. The summed E-state index contributed by atoms with van der Waals surface area (Å²) in [5.41, 5.74) is 7.25. The van der Waals surface area contributed by atoms with Gasteiger partial charge in [-0.15, -0.1) is 11.8 Å². The first-order chi connectivity index (χ1) is 10.2. The zero-order valence-corrected chi connectivity index (χ0v) is 14.5. The largest absolute Gasteiger partial charge is 0.374 e. The molecule has 2 aliphatic rings. The quantitative estimate of drug-likeness (QED) is 0.679. The van der Waals surface area contributed by atoms with E-state index in [1.165, 1.54) is 36.2 Å². The standard InChI is InChI=1S/C17H28N2OS/c1-5-6-7-8-14(3)20-12-15-10-9-13(2)19-16(15)11-17(18-19)21-4/h9-11,14,17-18H,5-8,12H2,1-4H3. The summed E-state index contributed by atoms with van der Waals surface area (Å²) in [6.45, 7) is 7.25. The number of nitrogens with zero attached hydrogens (tertiary/aromatic N) is 1. The van der Waals surface area contributed by atoms with E-state index in [4.69, 9.17) is 4.74 Å². The molecule has 1 N–H and O–H groups in total. The maximum atomic E-state index is 6.04. The maximum Gasteiger partial charge on any atom is 0.0921 e. The molecule has 0 radical (unpaired) electrons. The van der Waals surface area contributed by atoms with Crippen LogP contribution in [-0.2, 0) is 4.74 Å². The average Bonchev–Trinajstić information content (AvgIpc) is 2.92. The molecule has 0 aromatic carbocycles. The lowest BCUT2D eigenvalue weighted by Gasteiger charge is -2.28. The molecule has 2 atom stereocenters. The Balaban J connectivity index is 1.90. The highest BCUT2D eigenvalue weighted by Crippen LogP contribution is 2.31. The van der Waals surface area contributed by atoms with E-state index in [1.54, 1.807) is 0 Å². The van der Waals surface area contributed by atoms with Crippen LogP contribution in [0.1, 0.15) is 46.5 Å². The lowest BCUT2D eigenvalue weighted by Crippen LogP contribution is -2.36. The van der Waals surface area contributed by atoms with E-state index >= 15 is 0 Å². The zero-order valence-electron chi connectivity index (χ0n) is 13.7. The molecule has 2 rings (SSSR count). The predicted molar refractivity (Wildman–Crippen MR) is 91.8 cm³/mol. The van der Waals surface area contributed by atoms with Crippen LogP contribution in [0.15, 0.2) is 35.2 Å². The van der Waals surface area contributed by atoms with Gasteiger partial charge in [0.15, 0.2) is 0 Å². The molecular formula is C17H28N2OS. The third-order valence-corrected chi connectivity index (χ3v) is 4.75. The van der Waals surface area contributed by atoms with Crippen LogP contribution in [0.4, 0.5) is 0 Å². The van der Waals surface area contributed by atoms with Crippen molar-refractivity contribution in [2.24, 2.45) is 0 Å². The summed E-state index contributed by atoms with van der Waals surface area (Å²) in [6.07, 6.45) is 14.1. The molecule has 0 aliphatic carbocycles. The number of nitrogens with one attached hydrogen (secondary N) is 1. The number of hydrazine groups is 1. The van der Waals surface area contributed by atoms with Crippen molar-refractivity contribution >= 4 is 11.8 Å². The third-order valence-electron chi connectivity index (χ3n) is 4.01. The highest BCUT2D eigenvalue weighted by molar-refractivity contribution is 7.99. The van der Waals surface area contributed by atoms with Gasteiger partial charge in [0.25, 0.3) is 0 Å². The molecule has 0 aromatic heterocycles. The van der Waals surface area contributed by atoms with E-state index in [2.05, 4.69) is 55.7 Å². The van der Waals surface area contributed by atoms with Gasteiger partial charge in [0.2, 0.25) is 0 Å². The molecule has 118 valence electrons. The lowest BCUT2D eigenvalue weighted by molar-refractivity contribution is 0.0744. The molecule has 4 heteroatoms. The Kier molecular flexibility index (Phi) is 6.40. The summed E-state index contributed by atoms with van der Waals surface area (Å²) in [5.74, 6) is 0. The molecule has 0 saturated carbocycles. The fourth-order valence-electron chi connectivity index (χ4n) is 2.62. The van der Waals surface area contributed by atoms with Gasteiger partial charge in [-0.25, -0.2) is 5.43 Å². The van der Waals surface area contributed by atoms with Crippen LogP contribution in [0.25, 0.3) is 0 Å². The third kappa shape index (κ3) is 4.38. The van der Waals surface area contributed by atoms with E-state index in [-0.39, 0.29) is 0 Å². The number of unbranched alkanes of at least 4 members (excludes halogenated alkanes) is 2. The Morgan fingerprint density at radius 1 is 1.38 bits per heavy atom. The summed E-state index contributed by atoms with van der Waals surface area (Å²) in [4.78, 5) is 0. The van der Waals surface area contributed by atoms with Crippen molar-refractivity contribution in [2.75, 3.05) is 12.9 Å². The minimum atomic E-state index is 0.337. The molecule has 0 saturated heterocycles. The maximum absolute atomic E-state index is 6.04. The van der Waals surface area contributed by atoms with Crippen molar-refractivity contribution in [1.29, 1.82) is 0 Å². The Bertz CT molecular complexity index is 442. The number of thioether (sulfide) groups is 1. The van der Waals surface area contributed by atoms with Crippen molar-refractivity contribution in [3.05, 3.63) is 35.2 Å². The summed E-state index contributed by atoms with van der Waals surface area (Å²) in [5, 5.41) is 2.54. The van der Waals surface area contributed by atoms with Crippen LogP contribution in [0.2, 0.25) is 0 Å². The van der Waals surface area contributed by atoms with Gasteiger partial charge in [0.1, 0.15) is 0 Å². The fraction of sp³-hybridized carbons (Fsp3) is 0.647. The average molecular weight is 308 g/mol. The number of fused-ring (bicyclic) bond motifs is 1. The first-order valence-electron chi connectivity index (χ1n) is 7.96. The monoisotopic (exact) mass is 308 g/mol. The van der Waals surface area contributed by atoms with Crippen LogP contribution in [0, 0.1) is 0 Å². The van der Waals surface area contributed by atoms with Crippen molar-refractivity contribution in [2.45, 2.75) is 57.9 Å². The number of ether oxygens (including phenoxy) is 1. The van der Waals surface area contributed by atoms with Crippen molar-refractivity contribution < 1.29 is 4.74 Å². The topological polar surface area (TPSA) is 24.5 Å². The van der Waals surface area contributed by atoms with Gasteiger partial charge in [-0.3, -0.25) is 5.01 Å². The van der Waals surface area contributed by atoms with Crippen LogP contribution in [0.3, 0.4) is 0 Å². The molecule has 0 aromatic rings. The van der Waals surface area contributed by atoms with Gasteiger partial charge in [0.05, 0.1) is 23.8 Å². The van der Waals surface area contributed by atoms with Gasteiger partial charge < -0.3 is 4.74 Å². The van der Waals surface area contributed by atoms with Crippen LogP contribution >= 0.6 is 11.8 Å². The summed E-state index contributed by atoms with van der Waals surface area (Å²) in [6, 6.07) is 0. The van der Waals surface area contributed by atoms with Crippen LogP contribution < -0.4 is 5.43 Å². The summed E-state index contributed by atoms with van der Waals surface area (Å²) in [7, 11) is 0.